The molecule has 1 aromatic carbocycles. The molecule has 3 aliphatic rings. The summed E-state index contributed by atoms with van der Waals surface area (Å²) in [7, 11) is 0. The summed E-state index contributed by atoms with van der Waals surface area (Å²) in [6.45, 7) is 3.61. The maximum atomic E-state index is 6.17. The van der Waals surface area contributed by atoms with E-state index >= 15 is 0 Å². The number of ether oxygens (including phenoxy) is 2. The van der Waals surface area contributed by atoms with Crippen LogP contribution in [0.25, 0.3) is 0 Å². The number of hydrogen-bond donors (Lipinski definition) is 2. The Labute approximate surface area is 157 Å². The number of hydrogen-bond acceptors (Lipinski definition) is 4. The van der Waals surface area contributed by atoms with Gasteiger partial charge in [-0.3, -0.25) is 0 Å². The first-order chi connectivity index (χ1) is 11.9. The van der Waals surface area contributed by atoms with Crippen LogP contribution in [0.2, 0.25) is 0 Å². The molecule has 0 amide bonds. The molecule has 0 bridgehead atoms. The van der Waals surface area contributed by atoms with Crippen molar-refractivity contribution in [2.75, 3.05) is 19.8 Å². The van der Waals surface area contributed by atoms with Crippen LogP contribution < -0.4 is 15.4 Å². The molecule has 25 heavy (non-hydrogen) atoms. The van der Waals surface area contributed by atoms with Gasteiger partial charge >= 0.3 is 0 Å². The van der Waals surface area contributed by atoms with Crippen molar-refractivity contribution in [2.45, 2.75) is 63.3 Å². The topological polar surface area (TPSA) is 42.5 Å². The number of para-hydroxylation sites is 1. The summed E-state index contributed by atoms with van der Waals surface area (Å²) in [6.07, 6.45) is 8.06. The SMILES string of the molecule is Cl.c1ccc(OC2CCC2)c(CNC2CCCC2C2COCCN2)c1. The van der Waals surface area contributed by atoms with Gasteiger partial charge < -0.3 is 20.1 Å². The third kappa shape index (κ3) is 4.68. The maximum Gasteiger partial charge on any atom is 0.124 e. The van der Waals surface area contributed by atoms with Gasteiger partial charge in [-0.15, -0.1) is 12.4 Å². The van der Waals surface area contributed by atoms with Crippen molar-refractivity contribution in [3.63, 3.8) is 0 Å². The number of benzene rings is 1. The monoisotopic (exact) mass is 366 g/mol. The summed E-state index contributed by atoms with van der Waals surface area (Å²) >= 11 is 0. The van der Waals surface area contributed by atoms with Gasteiger partial charge in [-0.25, -0.2) is 0 Å². The molecule has 4 rings (SSSR count). The van der Waals surface area contributed by atoms with Crippen LogP contribution in [0, 0.1) is 5.92 Å². The van der Waals surface area contributed by atoms with E-state index in [-0.39, 0.29) is 12.4 Å². The smallest absolute Gasteiger partial charge is 0.124 e. The number of nitrogens with one attached hydrogen (secondary N) is 2. The fourth-order valence-corrected chi connectivity index (χ4v) is 4.26. The van der Waals surface area contributed by atoms with Crippen LogP contribution in [0.5, 0.6) is 5.75 Å². The van der Waals surface area contributed by atoms with Crippen molar-refractivity contribution in [1.29, 1.82) is 0 Å². The first-order valence-corrected chi connectivity index (χ1v) is 9.69. The molecule has 2 N–H and O–H groups in total. The highest BCUT2D eigenvalue weighted by Crippen LogP contribution is 2.31. The molecule has 3 atom stereocenters. The van der Waals surface area contributed by atoms with E-state index < -0.39 is 0 Å². The van der Waals surface area contributed by atoms with Gasteiger partial charge in [-0.05, 0) is 44.1 Å². The van der Waals surface area contributed by atoms with Crippen molar-refractivity contribution in [3.05, 3.63) is 29.8 Å². The van der Waals surface area contributed by atoms with Crippen LogP contribution in [0.4, 0.5) is 0 Å². The molecule has 5 heteroatoms. The predicted molar refractivity (Wildman–Crippen MR) is 103 cm³/mol. The van der Waals surface area contributed by atoms with E-state index in [2.05, 4.69) is 34.9 Å². The van der Waals surface area contributed by atoms with Crippen LogP contribution in [0.3, 0.4) is 0 Å². The third-order valence-electron chi connectivity index (χ3n) is 5.91. The molecular formula is C20H31ClN2O2. The lowest BCUT2D eigenvalue weighted by Gasteiger charge is -2.33. The van der Waals surface area contributed by atoms with Crippen molar-refractivity contribution in [1.82, 2.24) is 10.6 Å². The van der Waals surface area contributed by atoms with Gasteiger partial charge in [0.15, 0.2) is 0 Å². The predicted octanol–water partition coefficient (Wildman–Crippen LogP) is 3.29. The Kier molecular flexibility index (Phi) is 7.00. The molecule has 1 aliphatic heterocycles. The molecule has 1 aromatic rings. The van der Waals surface area contributed by atoms with Crippen LogP contribution in [-0.2, 0) is 11.3 Å². The Morgan fingerprint density at radius 2 is 1.96 bits per heavy atom. The maximum absolute atomic E-state index is 6.17. The minimum atomic E-state index is 0. The van der Waals surface area contributed by atoms with Crippen LogP contribution in [0.15, 0.2) is 24.3 Å². The molecule has 1 saturated heterocycles. The van der Waals surface area contributed by atoms with Gasteiger partial charge in [0, 0.05) is 30.7 Å². The van der Waals surface area contributed by atoms with Gasteiger partial charge in [0.05, 0.1) is 19.3 Å². The highest BCUT2D eigenvalue weighted by Gasteiger charge is 2.34. The average Bonchev–Trinajstić information content (AvgIpc) is 3.06. The quantitative estimate of drug-likeness (QED) is 0.810. The fourth-order valence-electron chi connectivity index (χ4n) is 4.26. The second-order valence-corrected chi connectivity index (χ2v) is 7.50. The van der Waals surface area contributed by atoms with E-state index in [1.165, 1.54) is 44.1 Å². The lowest BCUT2D eigenvalue weighted by atomic mass is 9.93. The summed E-state index contributed by atoms with van der Waals surface area (Å²) in [6, 6.07) is 9.62. The van der Waals surface area contributed by atoms with Gasteiger partial charge in [-0.2, -0.15) is 0 Å². The first kappa shape index (κ1) is 19.0. The van der Waals surface area contributed by atoms with Crippen molar-refractivity contribution >= 4 is 12.4 Å². The largest absolute Gasteiger partial charge is 0.490 e. The molecule has 140 valence electrons. The van der Waals surface area contributed by atoms with Gasteiger partial charge in [0.25, 0.3) is 0 Å². The second-order valence-electron chi connectivity index (χ2n) is 7.50. The Bertz CT molecular complexity index is 532. The standard InChI is InChI=1S/C20H30N2O2.ClH/c1-2-10-20(24-16-6-3-7-16)15(5-1)13-22-18-9-4-8-17(18)19-14-23-12-11-21-19;/h1-2,5,10,16-19,21-22H,3-4,6-9,11-14H2;1H. The molecule has 0 spiro atoms. The molecule has 3 unspecified atom stereocenters. The van der Waals surface area contributed by atoms with E-state index in [1.807, 2.05) is 0 Å². The Morgan fingerprint density at radius 3 is 2.72 bits per heavy atom. The molecule has 2 saturated carbocycles. The Balaban J connectivity index is 0.00000182. The van der Waals surface area contributed by atoms with E-state index in [0.717, 1.165) is 32.1 Å². The van der Waals surface area contributed by atoms with E-state index in [1.54, 1.807) is 0 Å². The lowest BCUT2D eigenvalue weighted by Crippen LogP contribution is -2.50. The lowest BCUT2D eigenvalue weighted by molar-refractivity contribution is 0.0523. The van der Waals surface area contributed by atoms with Gasteiger partial charge in [0.2, 0.25) is 0 Å². The summed E-state index contributed by atoms with van der Waals surface area (Å²) < 4.78 is 11.8. The molecule has 3 fully saturated rings. The zero-order valence-electron chi connectivity index (χ0n) is 14.9. The normalized spacial score (nSPS) is 29.7. The number of halogens is 1. The zero-order valence-corrected chi connectivity index (χ0v) is 15.7. The van der Waals surface area contributed by atoms with E-state index in [9.17, 15) is 0 Å². The minimum absolute atomic E-state index is 0. The zero-order chi connectivity index (χ0) is 16.2. The summed E-state index contributed by atoms with van der Waals surface area (Å²) in [5.41, 5.74) is 1.29. The molecule has 0 radical (unpaired) electrons. The molecule has 4 nitrogen and oxygen atoms in total. The number of rotatable bonds is 6. The van der Waals surface area contributed by atoms with Crippen LogP contribution in [-0.4, -0.2) is 37.9 Å². The third-order valence-corrected chi connectivity index (χ3v) is 5.91. The van der Waals surface area contributed by atoms with E-state index in [4.69, 9.17) is 9.47 Å². The fraction of sp³-hybridized carbons (Fsp3) is 0.700. The van der Waals surface area contributed by atoms with Gasteiger partial charge in [-0.1, -0.05) is 24.6 Å². The second kappa shape index (κ2) is 9.22. The van der Waals surface area contributed by atoms with Crippen LogP contribution in [0.1, 0.15) is 44.1 Å². The highest BCUT2D eigenvalue weighted by atomic mass is 35.5. The van der Waals surface area contributed by atoms with Crippen molar-refractivity contribution in [2.24, 2.45) is 5.92 Å². The number of morpholine rings is 1. The summed E-state index contributed by atoms with van der Waals surface area (Å²) in [5.74, 6) is 1.76. The average molecular weight is 367 g/mol. The Hall–Kier alpha value is -0.810. The van der Waals surface area contributed by atoms with Crippen molar-refractivity contribution < 1.29 is 9.47 Å². The molecular weight excluding hydrogens is 336 g/mol. The molecule has 1 heterocycles. The molecule has 2 aliphatic carbocycles. The summed E-state index contributed by atoms with van der Waals surface area (Å²) in [5, 5.41) is 7.47. The van der Waals surface area contributed by atoms with Crippen molar-refractivity contribution in [3.8, 4) is 5.75 Å². The minimum Gasteiger partial charge on any atom is -0.490 e. The highest BCUT2D eigenvalue weighted by molar-refractivity contribution is 5.85. The van der Waals surface area contributed by atoms with E-state index in [0.29, 0.717) is 24.1 Å². The Morgan fingerprint density at radius 1 is 1.12 bits per heavy atom. The van der Waals surface area contributed by atoms with Gasteiger partial charge in [0.1, 0.15) is 5.75 Å². The summed E-state index contributed by atoms with van der Waals surface area (Å²) in [4.78, 5) is 0. The van der Waals surface area contributed by atoms with Crippen LogP contribution >= 0.6 is 12.4 Å². The molecule has 0 aromatic heterocycles. The first-order valence-electron chi connectivity index (χ1n) is 9.69.